The highest BCUT2D eigenvalue weighted by atomic mass is 32.1. The first-order valence-corrected chi connectivity index (χ1v) is 6.29. The Kier molecular flexibility index (Phi) is 3.36. The van der Waals surface area contributed by atoms with E-state index in [-0.39, 0.29) is 0 Å². The number of aliphatic hydroxyl groups is 1. The van der Waals surface area contributed by atoms with Crippen LogP contribution in [0.1, 0.15) is 23.9 Å². The Balaban J connectivity index is 2.26. The lowest BCUT2D eigenvalue weighted by Crippen LogP contribution is -2.27. The van der Waals surface area contributed by atoms with Crippen molar-refractivity contribution in [2.75, 3.05) is 0 Å². The Morgan fingerprint density at radius 1 is 1.31 bits per heavy atom. The van der Waals surface area contributed by atoms with Crippen molar-refractivity contribution < 1.29 is 5.11 Å². The number of aromatic nitrogens is 1. The van der Waals surface area contributed by atoms with Crippen LogP contribution in [-0.4, -0.2) is 10.1 Å². The minimum Gasteiger partial charge on any atom is -0.385 e. The highest BCUT2D eigenvalue weighted by molar-refractivity contribution is 7.09. The second-order valence-corrected chi connectivity index (χ2v) is 4.83. The highest BCUT2D eigenvalue weighted by Gasteiger charge is 2.28. The summed E-state index contributed by atoms with van der Waals surface area (Å²) in [6, 6.07) is 9.81. The summed E-state index contributed by atoms with van der Waals surface area (Å²) in [6.07, 6.45) is 3.06. The molecule has 0 aliphatic carbocycles. The van der Waals surface area contributed by atoms with E-state index in [1.807, 2.05) is 42.6 Å². The van der Waals surface area contributed by atoms with Gasteiger partial charge in [0.1, 0.15) is 0 Å². The van der Waals surface area contributed by atoms with Crippen molar-refractivity contribution >= 4 is 11.3 Å². The van der Waals surface area contributed by atoms with Crippen molar-refractivity contribution in [2.24, 2.45) is 0 Å². The molecule has 0 spiro atoms. The lowest BCUT2D eigenvalue weighted by Gasteiger charge is -2.26. The van der Waals surface area contributed by atoms with Gasteiger partial charge in [-0.3, -0.25) is 0 Å². The van der Waals surface area contributed by atoms with Crippen molar-refractivity contribution in [3.05, 3.63) is 52.5 Å². The van der Waals surface area contributed by atoms with Crippen LogP contribution in [0.4, 0.5) is 0 Å². The molecule has 3 heteroatoms. The largest absolute Gasteiger partial charge is 0.385 e. The van der Waals surface area contributed by atoms with Gasteiger partial charge in [-0.2, -0.15) is 0 Å². The molecule has 1 N–H and O–H groups in total. The number of thiazole rings is 1. The van der Waals surface area contributed by atoms with Gasteiger partial charge >= 0.3 is 0 Å². The zero-order valence-electron chi connectivity index (χ0n) is 9.26. The summed E-state index contributed by atoms with van der Waals surface area (Å²) < 4.78 is 0. The van der Waals surface area contributed by atoms with Crippen LogP contribution >= 0.6 is 11.3 Å². The van der Waals surface area contributed by atoms with Gasteiger partial charge in [0.25, 0.3) is 0 Å². The van der Waals surface area contributed by atoms with Gasteiger partial charge in [-0.25, -0.2) is 4.98 Å². The molecule has 16 heavy (non-hydrogen) atoms. The summed E-state index contributed by atoms with van der Waals surface area (Å²) in [4.78, 5) is 4.23. The van der Waals surface area contributed by atoms with E-state index >= 15 is 0 Å². The normalized spacial score (nSPS) is 14.6. The van der Waals surface area contributed by atoms with Gasteiger partial charge in [0.2, 0.25) is 0 Å². The Bertz CT molecular complexity index is 426. The fourth-order valence-electron chi connectivity index (χ4n) is 1.77. The van der Waals surface area contributed by atoms with E-state index in [0.717, 1.165) is 10.6 Å². The molecular formula is C13H15NOS. The molecule has 2 rings (SSSR count). The van der Waals surface area contributed by atoms with Gasteiger partial charge in [0.05, 0.1) is 10.6 Å². The molecule has 0 amide bonds. The van der Waals surface area contributed by atoms with Crippen LogP contribution in [0.3, 0.4) is 0 Å². The SMILES string of the molecule is CCC(O)(Cc1nccs1)c1ccccc1. The third-order valence-electron chi connectivity index (χ3n) is 2.82. The molecule has 1 aromatic carbocycles. The topological polar surface area (TPSA) is 33.1 Å². The summed E-state index contributed by atoms with van der Waals surface area (Å²) >= 11 is 1.59. The van der Waals surface area contributed by atoms with Crippen LogP contribution in [0.5, 0.6) is 0 Å². The van der Waals surface area contributed by atoms with Crippen LogP contribution in [0, 0.1) is 0 Å². The number of benzene rings is 1. The zero-order valence-corrected chi connectivity index (χ0v) is 10.1. The second kappa shape index (κ2) is 4.76. The maximum Gasteiger partial charge on any atom is 0.0957 e. The Morgan fingerprint density at radius 2 is 2.06 bits per heavy atom. The molecule has 0 saturated carbocycles. The van der Waals surface area contributed by atoms with E-state index in [2.05, 4.69) is 4.98 Å². The van der Waals surface area contributed by atoms with Crippen LogP contribution in [-0.2, 0) is 12.0 Å². The molecule has 1 aromatic heterocycles. The van der Waals surface area contributed by atoms with Crippen molar-refractivity contribution in [1.82, 2.24) is 4.98 Å². The summed E-state index contributed by atoms with van der Waals surface area (Å²) in [5.74, 6) is 0. The molecule has 0 aliphatic heterocycles. The first kappa shape index (κ1) is 11.3. The minimum atomic E-state index is -0.793. The second-order valence-electron chi connectivity index (χ2n) is 3.85. The van der Waals surface area contributed by atoms with Crippen LogP contribution < -0.4 is 0 Å². The summed E-state index contributed by atoms with van der Waals surface area (Å²) in [5, 5.41) is 13.6. The van der Waals surface area contributed by atoms with Crippen molar-refractivity contribution in [3.63, 3.8) is 0 Å². The third-order valence-corrected chi connectivity index (χ3v) is 3.60. The minimum absolute atomic E-state index is 0.588. The summed E-state index contributed by atoms with van der Waals surface area (Å²) in [5.41, 5.74) is 0.173. The van der Waals surface area contributed by atoms with Crippen molar-refractivity contribution in [1.29, 1.82) is 0 Å². The fourth-order valence-corrected chi connectivity index (χ4v) is 2.49. The zero-order chi connectivity index (χ0) is 11.4. The third kappa shape index (κ3) is 2.31. The Morgan fingerprint density at radius 3 is 2.62 bits per heavy atom. The van der Waals surface area contributed by atoms with Crippen LogP contribution in [0.2, 0.25) is 0 Å². The molecular weight excluding hydrogens is 218 g/mol. The molecule has 1 heterocycles. The van der Waals surface area contributed by atoms with E-state index in [0.29, 0.717) is 12.8 Å². The smallest absolute Gasteiger partial charge is 0.0957 e. The van der Waals surface area contributed by atoms with Gasteiger partial charge in [-0.05, 0) is 12.0 Å². The highest BCUT2D eigenvalue weighted by Crippen LogP contribution is 2.29. The van der Waals surface area contributed by atoms with Gasteiger partial charge < -0.3 is 5.11 Å². The monoisotopic (exact) mass is 233 g/mol. The number of rotatable bonds is 4. The molecule has 0 radical (unpaired) electrons. The maximum absolute atomic E-state index is 10.6. The average molecular weight is 233 g/mol. The van der Waals surface area contributed by atoms with E-state index in [4.69, 9.17) is 0 Å². The number of hydrogen-bond acceptors (Lipinski definition) is 3. The van der Waals surface area contributed by atoms with E-state index in [9.17, 15) is 5.11 Å². The van der Waals surface area contributed by atoms with E-state index < -0.39 is 5.60 Å². The molecule has 2 nitrogen and oxygen atoms in total. The van der Waals surface area contributed by atoms with Crippen LogP contribution in [0.25, 0.3) is 0 Å². The van der Waals surface area contributed by atoms with Gasteiger partial charge in [-0.15, -0.1) is 11.3 Å². The molecule has 1 unspecified atom stereocenters. The Labute approximate surface area is 99.6 Å². The quantitative estimate of drug-likeness (QED) is 0.880. The van der Waals surface area contributed by atoms with Crippen LogP contribution in [0.15, 0.2) is 41.9 Å². The van der Waals surface area contributed by atoms with Gasteiger partial charge in [0, 0.05) is 18.0 Å². The standard InChI is InChI=1S/C13H15NOS/c1-2-13(15,10-12-14-8-9-16-12)11-6-4-3-5-7-11/h3-9,15H,2,10H2,1H3. The fraction of sp³-hybridized carbons (Fsp3) is 0.308. The van der Waals surface area contributed by atoms with Crippen molar-refractivity contribution in [3.8, 4) is 0 Å². The predicted molar refractivity (Wildman–Crippen MR) is 66.4 cm³/mol. The summed E-state index contributed by atoms with van der Waals surface area (Å²) in [6.45, 7) is 2.00. The average Bonchev–Trinajstić information content (AvgIpc) is 2.83. The molecule has 2 aromatic rings. The number of nitrogens with zero attached hydrogens (tertiary/aromatic N) is 1. The molecule has 84 valence electrons. The van der Waals surface area contributed by atoms with Gasteiger partial charge in [0.15, 0.2) is 0 Å². The molecule has 0 fully saturated rings. The van der Waals surface area contributed by atoms with Crippen molar-refractivity contribution in [2.45, 2.75) is 25.4 Å². The molecule has 0 aliphatic rings. The first-order valence-electron chi connectivity index (χ1n) is 5.41. The van der Waals surface area contributed by atoms with E-state index in [1.165, 1.54) is 0 Å². The maximum atomic E-state index is 10.6. The van der Waals surface area contributed by atoms with E-state index in [1.54, 1.807) is 17.5 Å². The number of hydrogen-bond donors (Lipinski definition) is 1. The predicted octanol–water partition coefficient (Wildman–Crippen LogP) is 2.98. The van der Waals surface area contributed by atoms with Gasteiger partial charge in [-0.1, -0.05) is 37.3 Å². The first-order chi connectivity index (χ1) is 7.74. The summed E-state index contributed by atoms with van der Waals surface area (Å²) in [7, 11) is 0. The molecule has 0 bridgehead atoms. The molecule has 1 atom stereocenters. The lowest BCUT2D eigenvalue weighted by atomic mass is 9.88. The lowest BCUT2D eigenvalue weighted by molar-refractivity contribution is 0.0327. The molecule has 0 saturated heterocycles. The Hall–Kier alpha value is -1.19.